The maximum Gasteiger partial charge on any atom is 0.152 e. The second-order valence-electron chi connectivity index (χ2n) is 3.54. The molecule has 0 atom stereocenters. The standard InChI is InChI=1S/C14H13NO/c16-11-13-8-4-5-9-14(13)15-10-12-6-2-1-3-7-12/h1-9,11,15H,10H2. The van der Waals surface area contributed by atoms with Crippen LogP contribution in [0, 0.1) is 0 Å². The summed E-state index contributed by atoms with van der Waals surface area (Å²) in [6.07, 6.45) is 0.868. The van der Waals surface area contributed by atoms with Crippen molar-refractivity contribution in [2.75, 3.05) is 5.32 Å². The Morgan fingerprint density at radius 3 is 2.38 bits per heavy atom. The molecule has 2 heteroatoms. The zero-order valence-electron chi connectivity index (χ0n) is 8.89. The Morgan fingerprint density at radius 1 is 0.938 bits per heavy atom. The summed E-state index contributed by atoms with van der Waals surface area (Å²) in [7, 11) is 0. The number of hydrogen-bond donors (Lipinski definition) is 1. The summed E-state index contributed by atoms with van der Waals surface area (Å²) in [6.45, 7) is 0.728. The molecule has 2 nitrogen and oxygen atoms in total. The molecule has 0 unspecified atom stereocenters. The number of aldehydes is 1. The van der Waals surface area contributed by atoms with Crippen LogP contribution in [0.5, 0.6) is 0 Å². The molecule has 0 aliphatic carbocycles. The number of hydrogen-bond acceptors (Lipinski definition) is 2. The van der Waals surface area contributed by atoms with Crippen LogP contribution in [0.15, 0.2) is 54.6 Å². The smallest absolute Gasteiger partial charge is 0.152 e. The normalized spacial score (nSPS) is 9.75. The van der Waals surface area contributed by atoms with Crippen molar-refractivity contribution in [3.8, 4) is 0 Å². The minimum Gasteiger partial charge on any atom is -0.380 e. The van der Waals surface area contributed by atoms with Crippen molar-refractivity contribution in [3.05, 3.63) is 65.7 Å². The number of nitrogens with one attached hydrogen (secondary N) is 1. The van der Waals surface area contributed by atoms with Gasteiger partial charge in [-0.2, -0.15) is 0 Å². The summed E-state index contributed by atoms with van der Waals surface area (Å²) >= 11 is 0. The van der Waals surface area contributed by atoms with Gasteiger partial charge in [0, 0.05) is 17.8 Å². The highest BCUT2D eigenvalue weighted by atomic mass is 16.1. The van der Waals surface area contributed by atoms with Gasteiger partial charge < -0.3 is 5.32 Å². The van der Waals surface area contributed by atoms with Crippen molar-refractivity contribution >= 4 is 12.0 Å². The lowest BCUT2D eigenvalue weighted by Crippen LogP contribution is -2.01. The first-order valence-corrected chi connectivity index (χ1v) is 5.22. The van der Waals surface area contributed by atoms with Gasteiger partial charge in [-0.15, -0.1) is 0 Å². The topological polar surface area (TPSA) is 29.1 Å². The summed E-state index contributed by atoms with van der Waals surface area (Å²) in [6, 6.07) is 17.6. The molecule has 2 aromatic rings. The van der Waals surface area contributed by atoms with Gasteiger partial charge in [0.15, 0.2) is 6.29 Å². The molecule has 0 saturated carbocycles. The molecule has 0 bridgehead atoms. The molecule has 80 valence electrons. The Balaban J connectivity index is 2.08. The molecule has 16 heavy (non-hydrogen) atoms. The van der Waals surface area contributed by atoms with Crippen LogP contribution in [0.25, 0.3) is 0 Å². The number of anilines is 1. The van der Waals surface area contributed by atoms with Crippen LogP contribution in [-0.4, -0.2) is 6.29 Å². The molecule has 0 aliphatic rings. The molecule has 2 aromatic carbocycles. The number of benzene rings is 2. The average Bonchev–Trinajstić information content (AvgIpc) is 2.38. The van der Waals surface area contributed by atoms with Gasteiger partial charge in [-0.3, -0.25) is 4.79 Å². The Bertz CT molecular complexity index is 465. The van der Waals surface area contributed by atoms with Gasteiger partial charge in [0.2, 0.25) is 0 Å². The van der Waals surface area contributed by atoms with Gasteiger partial charge in [0.1, 0.15) is 0 Å². The van der Waals surface area contributed by atoms with Gasteiger partial charge in [-0.1, -0.05) is 42.5 Å². The SMILES string of the molecule is O=Cc1ccccc1NCc1ccccc1. The van der Waals surface area contributed by atoms with Gasteiger partial charge in [-0.05, 0) is 17.7 Å². The van der Waals surface area contributed by atoms with Crippen LogP contribution >= 0.6 is 0 Å². The maximum absolute atomic E-state index is 10.8. The molecule has 0 heterocycles. The fraction of sp³-hybridized carbons (Fsp3) is 0.0714. The number of para-hydroxylation sites is 1. The number of carbonyl (C=O) groups excluding carboxylic acids is 1. The summed E-state index contributed by atoms with van der Waals surface area (Å²) in [4.78, 5) is 10.8. The van der Waals surface area contributed by atoms with Gasteiger partial charge in [-0.25, -0.2) is 0 Å². The summed E-state index contributed by atoms with van der Waals surface area (Å²) in [5.41, 5.74) is 2.77. The van der Waals surface area contributed by atoms with E-state index in [2.05, 4.69) is 17.4 Å². The van der Waals surface area contributed by atoms with E-state index >= 15 is 0 Å². The van der Waals surface area contributed by atoms with Gasteiger partial charge in [0.05, 0.1) is 0 Å². The highest BCUT2D eigenvalue weighted by molar-refractivity contribution is 5.83. The highest BCUT2D eigenvalue weighted by Crippen LogP contribution is 2.13. The summed E-state index contributed by atoms with van der Waals surface area (Å²) in [5, 5.41) is 3.25. The minimum absolute atomic E-state index is 0.693. The molecular formula is C14H13NO. The van der Waals surface area contributed by atoms with Crippen LogP contribution in [0.1, 0.15) is 15.9 Å². The number of carbonyl (C=O) groups is 1. The van der Waals surface area contributed by atoms with Crippen LogP contribution in [0.4, 0.5) is 5.69 Å². The third kappa shape index (κ3) is 2.48. The lowest BCUT2D eigenvalue weighted by atomic mass is 10.2. The van der Waals surface area contributed by atoms with E-state index in [0.717, 1.165) is 18.5 Å². The van der Waals surface area contributed by atoms with Crippen molar-refractivity contribution in [1.82, 2.24) is 0 Å². The second kappa shape index (κ2) is 5.12. The van der Waals surface area contributed by atoms with E-state index in [9.17, 15) is 4.79 Å². The first kappa shape index (κ1) is 10.4. The highest BCUT2D eigenvalue weighted by Gasteiger charge is 1.99. The quantitative estimate of drug-likeness (QED) is 0.787. The van der Waals surface area contributed by atoms with Gasteiger partial charge in [0.25, 0.3) is 0 Å². The third-order valence-electron chi connectivity index (χ3n) is 2.41. The molecule has 0 aromatic heterocycles. The first-order valence-electron chi connectivity index (χ1n) is 5.22. The zero-order valence-corrected chi connectivity index (χ0v) is 8.89. The third-order valence-corrected chi connectivity index (χ3v) is 2.41. The van der Waals surface area contributed by atoms with Crippen LogP contribution in [0.2, 0.25) is 0 Å². The van der Waals surface area contributed by atoms with E-state index in [0.29, 0.717) is 5.56 Å². The molecule has 0 radical (unpaired) electrons. The summed E-state index contributed by atoms with van der Waals surface area (Å²) in [5.74, 6) is 0. The van der Waals surface area contributed by atoms with Crippen LogP contribution < -0.4 is 5.32 Å². The molecule has 0 spiro atoms. The molecular weight excluding hydrogens is 198 g/mol. The average molecular weight is 211 g/mol. The Hall–Kier alpha value is -2.09. The Kier molecular flexibility index (Phi) is 3.34. The molecule has 0 aliphatic heterocycles. The van der Waals surface area contributed by atoms with Crippen molar-refractivity contribution in [1.29, 1.82) is 0 Å². The fourth-order valence-electron chi connectivity index (χ4n) is 1.55. The van der Waals surface area contributed by atoms with Crippen molar-refractivity contribution in [2.24, 2.45) is 0 Å². The summed E-state index contributed by atoms with van der Waals surface area (Å²) < 4.78 is 0. The van der Waals surface area contributed by atoms with Gasteiger partial charge >= 0.3 is 0 Å². The predicted octanol–water partition coefficient (Wildman–Crippen LogP) is 3.11. The number of rotatable bonds is 4. The van der Waals surface area contributed by atoms with E-state index < -0.39 is 0 Å². The second-order valence-corrected chi connectivity index (χ2v) is 3.54. The molecule has 2 rings (SSSR count). The molecule has 0 amide bonds. The molecule has 0 saturated heterocycles. The molecule has 1 N–H and O–H groups in total. The zero-order chi connectivity index (χ0) is 11.2. The predicted molar refractivity (Wildman–Crippen MR) is 65.6 cm³/mol. The largest absolute Gasteiger partial charge is 0.380 e. The van der Waals surface area contributed by atoms with E-state index in [4.69, 9.17) is 0 Å². The fourth-order valence-corrected chi connectivity index (χ4v) is 1.55. The van der Waals surface area contributed by atoms with Crippen LogP contribution in [0.3, 0.4) is 0 Å². The van der Waals surface area contributed by atoms with Crippen molar-refractivity contribution < 1.29 is 4.79 Å². The van der Waals surface area contributed by atoms with Crippen molar-refractivity contribution in [2.45, 2.75) is 6.54 Å². The van der Waals surface area contributed by atoms with Crippen molar-refractivity contribution in [3.63, 3.8) is 0 Å². The van der Waals surface area contributed by atoms with E-state index in [1.807, 2.05) is 36.4 Å². The Morgan fingerprint density at radius 2 is 1.62 bits per heavy atom. The molecule has 0 fully saturated rings. The lowest BCUT2D eigenvalue weighted by molar-refractivity contribution is 0.112. The minimum atomic E-state index is 0.693. The van der Waals surface area contributed by atoms with E-state index in [1.54, 1.807) is 6.07 Å². The van der Waals surface area contributed by atoms with Crippen LogP contribution in [-0.2, 0) is 6.54 Å². The maximum atomic E-state index is 10.8. The monoisotopic (exact) mass is 211 g/mol. The van der Waals surface area contributed by atoms with E-state index in [-0.39, 0.29) is 0 Å². The first-order chi connectivity index (χ1) is 7.90. The van der Waals surface area contributed by atoms with E-state index in [1.165, 1.54) is 5.56 Å². The Labute approximate surface area is 94.9 Å². The lowest BCUT2D eigenvalue weighted by Gasteiger charge is -2.08.